The first-order valence-corrected chi connectivity index (χ1v) is 8.20. The lowest BCUT2D eigenvalue weighted by atomic mass is 9.92. The van der Waals surface area contributed by atoms with Gasteiger partial charge in [-0.25, -0.2) is 0 Å². The first-order valence-electron chi connectivity index (χ1n) is 8.20. The van der Waals surface area contributed by atoms with Gasteiger partial charge in [-0.05, 0) is 30.3 Å². The fraction of sp³-hybridized carbons (Fsp3) is 0.158. The number of furan rings is 1. The van der Waals surface area contributed by atoms with Gasteiger partial charge in [-0.2, -0.15) is 0 Å². The van der Waals surface area contributed by atoms with Crippen LogP contribution in [0.3, 0.4) is 0 Å². The van der Waals surface area contributed by atoms with Crippen LogP contribution in [0.1, 0.15) is 26.5 Å². The van der Waals surface area contributed by atoms with Crippen molar-refractivity contribution < 1.29 is 28.7 Å². The highest BCUT2D eigenvalue weighted by atomic mass is 16.4. The summed E-state index contributed by atoms with van der Waals surface area (Å²) in [6.45, 7) is -0.522. The predicted octanol–water partition coefficient (Wildman–Crippen LogP) is 1.25. The second kappa shape index (κ2) is 6.24. The molecule has 8 nitrogen and oxygen atoms in total. The summed E-state index contributed by atoms with van der Waals surface area (Å²) < 4.78 is 5.20. The largest absolute Gasteiger partial charge is 0.480 e. The molecular weight excluding hydrogens is 352 g/mol. The van der Waals surface area contributed by atoms with E-state index in [1.54, 1.807) is 36.4 Å². The molecule has 2 atom stereocenters. The molecule has 0 bridgehead atoms. The number of hydrogen-bond donors (Lipinski definition) is 1. The lowest BCUT2D eigenvalue weighted by Gasteiger charge is -2.47. The second-order valence-corrected chi connectivity index (χ2v) is 6.20. The third kappa shape index (κ3) is 2.62. The number of imide groups is 1. The van der Waals surface area contributed by atoms with Crippen molar-refractivity contribution >= 4 is 29.8 Å². The molecule has 0 radical (unpaired) electrons. The molecule has 3 amide bonds. The molecule has 1 aromatic carbocycles. The monoisotopic (exact) mass is 366 g/mol. The zero-order chi connectivity index (χ0) is 19.1. The van der Waals surface area contributed by atoms with Crippen LogP contribution in [0.5, 0.6) is 0 Å². The number of benzene rings is 1. The molecule has 4 rings (SSSR count). The smallest absolute Gasteiger partial charge is 0.323 e. The van der Waals surface area contributed by atoms with Crippen LogP contribution in [-0.4, -0.2) is 57.2 Å². The molecule has 3 heterocycles. The molecule has 1 N–H and O–H groups in total. The second-order valence-electron chi connectivity index (χ2n) is 6.20. The predicted molar refractivity (Wildman–Crippen MR) is 91.6 cm³/mol. The molecular formula is C19H14N2O6. The fourth-order valence-corrected chi connectivity index (χ4v) is 3.39. The van der Waals surface area contributed by atoms with Gasteiger partial charge in [0.25, 0.3) is 11.8 Å². The number of aliphatic carboxylic acids is 1. The summed E-state index contributed by atoms with van der Waals surface area (Å²) in [6.07, 6.45) is 4.62. The summed E-state index contributed by atoms with van der Waals surface area (Å²) in [6, 6.07) is 7.88. The van der Waals surface area contributed by atoms with E-state index in [4.69, 9.17) is 9.52 Å². The Bertz CT molecular complexity index is 943. The van der Waals surface area contributed by atoms with Crippen LogP contribution in [0, 0.1) is 0 Å². The van der Waals surface area contributed by atoms with Gasteiger partial charge in [0.1, 0.15) is 18.3 Å². The summed E-state index contributed by atoms with van der Waals surface area (Å²) in [5.74, 6) is -2.37. The Morgan fingerprint density at radius 1 is 1.07 bits per heavy atom. The summed E-state index contributed by atoms with van der Waals surface area (Å²) in [5.41, 5.74) is 0.474. The Hall–Kier alpha value is -3.68. The lowest BCUT2D eigenvalue weighted by Crippen LogP contribution is -2.71. The van der Waals surface area contributed by atoms with Crippen molar-refractivity contribution in [3.8, 4) is 0 Å². The van der Waals surface area contributed by atoms with E-state index < -0.39 is 42.3 Å². The molecule has 0 saturated carbocycles. The maximum Gasteiger partial charge on any atom is 0.323 e. The third-order valence-corrected chi connectivity index (χ3v) is 4.63. The first-order chi connectivity index (χ1) is 13.0. The minimum Gasteiger partial charge on any atom is -0.480 e. The fourth-order valence-electron chi connectivity index (χ4n) is 3.39. The van der Waals surface area contributed by atoms with E-state index >= 15 is 0 Å². The summed E-state index contributed by atoms with van der Waals surface area (Å²) in [5, 5.41) is 9.05. The molecule has 1 aromatic heterocycles. The maximum absolute atomic E-state index is 12.7. The molecule has 27 heavy (non-hydrogen) atoms. The Morgan fingerprint density at radius 2 is 1.74 bits per heavy atom. The van der Waals surface area contributed by atoms with Crippen LogP contribution in [0.15, 0.2) is 53.2 Å². The Morgan fingerprint density at radius 3 is 2.30 bits per heavy atom. The van der Waals surface area contributed by atoms with E-state index in [1.165, 1.54) is 18.4 Å². The SMILES string of the molecule is O=C(O)CN1C(=O)[C@@H](N2C(=O)c3ccccc3C2=O)[C@H]1C=Cc1ccco1. The van der Waals surface area contributed by atoms with Gasteiger partial charge in [-0.3, -0.25) is 24.1 Å². The number of likely N-dealkylation sites (tertiary alicyclic amines) is 1. The molecule has 1 saturated heterocycles. The van der Waals surface area contributed by atoms with E-state index in [0.717, 1.165) is 9.80 Å². The quantitative estimate of drug-likeness (QED) is 0.630. The number of carbonyl (C=O) groups is 4. The lowest BCUT2D eigenvalue weighted by molar-refractivity contribution is -0.159. The number of β-lactam (4-membered cyclic amide) rings is 1. The summed E-state index contributed by atoms with van der Waals surface area (Å²) >= 11 is 0. The van der Waals surface area contributed by atoms with Gasteiger partial charge in [0.05, 0.1) is 23.4 Å². The van der Waals surface area contributed by atoms with Gasteiger partial charge in [-0.1, -0.05) is 18.2 Å². The van der Waals surface area contributed by atoms with Gasteiger partial charge < -0.3 is 14.4 Å². The van der Waals surface area contributed by atoms with Crippen molar-refractivity contribution in [3.63, 3.8) is 0 Å². The van der Waals surface area contributed by atoms with Crippen molar-refractivity contribution in [2.45, 2.75) is 12.1 Å². The number of carboxylic acid groups (broad SMARTS) is 1. The molecule has 1 fully saturated rings. The molecule has 0 spiro atoms. The van der Waals surface area contributed by atoms with E-state index in [2.05, 4.69) is 0 Å². The van der Waals surface area contributed by atoms with Gasteiger partial charge in [0.15, 0.2) is 0 Å². The van der Waals surface area contributed by atoms with E-state index in [1.807, 2.05) is 0 Å². The van der Waals surface area contributed by atoms with Gasteiger partial charge >= 0.3 is 5.97 Å². The highest BCUT2D eigenvalue weighted by Gasteiger charge is 2.55. The zero-order valence-corrected chi connectivity index (χ0v) is 13.9. The molecule has 2 aliphatic heterocycles. The maximum atomic E-state index is 12.7. The molecule has 136 valence electrons. The van der Waals surface area contributed by atoms with Crippen LogP contribution in [0.4, 0.5) is 0 Å². The molecule has 0 aliphatic carbocycles. The van der Waals surface area contributed by atoms with Gasteiger partial charge in [-0.15, -0.1) is 0 Å². The van der Waals surface area contributed by atoms with Crippen LogP contribution < -0.4 is 0 Å². The number of nitrogens with zero attached hydrogens (tertiary/aromatic N) is 2. The van der Waals surface area contributed by atoms with Crippen molar-refractivity contribution in [2.24, 2.45) is 0 Å². The van der Waals surface area contributed by atoms with E-state index in [-0.39, 0.29) is 11.1 Å². The summed E-state index contributed by atoms with van der Waals surface area (Å²) in [7, 11) is 0. The molecule has 0 unspecified atom stereocenters. The minimum atomic E-state index is -1.18. The van der Waals surface area contributed by atoms with E-state index in [9.17, 15) is 19.2 Å². The number of rotatable bonds is 5. The Balaban J connectivity index is 1.66. The Kier molecular flexibility index (Phi) is 3.88. The number of amides is 3. The zero-order valence-electron chi connectivity index (χ0n) is 13.9. The number of carboxylic acids is 1. The first kappa shape index (κ1) is 16.8. The molecule has 2 aromatic rings. The standard InChI is InChI=1S/C19H14N2O6/c22-15(23)10-20-14(8-7-11-4-3-9-27-11)16(19(20)26)21-17(24)12-5-1-2-6-13(12)18(21)25/h1-9,14,16H,10H2,(H,22,23)/t14-,16+/m1/s1. The van der Waals surface area contributed by atoms with Crippen LogP contribution in [-0.2, 0) is 9.59 Å². The highest BCUT2D eigenvalue weighted by molar-refractivity contribution is 6.23. The van der Waals surface area contributed by atoms with Gasteiger partial charge in [0, 0.05) is 0 Å². The van der Waals surface area contributed by atoms with Crippen molar-refractivity contribution in [3.05, 3.63) is 65.6 Å². The number of fused-ring (bicyclic) bond motifs is 1. The average Bonchev–Trinajstić information content (AvgIpc) is 3.25. The minimum absolute atomic E-state index is 0.237. The van der Waals surface area contributed by atoms with Crippen LogP contribution in [0.25, 0.3) is 6.08 Å². The van der Waals surface area contributed by atoms with Gasteiger partial charge in [0.2, 0.25) is 5.91 Å². The van der Waals surface area contributed by atoms with E-state index in [0.29, 0.717) is 5.76 Å². The molecule has 8 heteroatoms. The normalized spacial score (nSPS) is 21.7. The highest BCUT2D eigenvalue weighted by Crippen LogP contribution is 2.33. The van der Waals surface area contributed by atoms with Crippen molar-refractivity contribution in [1.29, 1.82) is 0 Å². The Labute approximate surface area is 153 Å². The third-order valence-electron chi connectivity index (χ3n) is 4.63. The topological polar surface area (TPSA) is 108 Å². The molecule has 2 aliphatic rings. The van der Waals surface area contributed by atoms with Crippen molar-refractivity contribution in [2.75, 3.05) is 6.54 Å². The van der Waals surface area contributed by atoms with Crippen LogP contribution >= 0.6 is 0 Å². The van der Waals surface area contributed by atoms with Crippen molar-refractivity contribution in [1.82, 2.24) is 9.80 Å². The number of hydrogen-bond acceptors (Lipinski definition) is 5. The average molecular weight is 366 g/mol. The number of carbonyl (C=O) groups excluding carboxylic acids is 3. The summed E-state index contributed by atoms with van der Waals surface area (Å²) in [4.78, 5) is 51.0. The van der Waals surface area contributed by atoms with Crippen LogP contribution in [0.2, 0.25) is 0 Å².